The highest BCUT2D eigenvalue weighted by atomic mass is 79.9. The van der Waals surface area contributed by atoms with Gasteiger partial charge in [-0.3, -0.25) is 4.79 Å². The van der Waals surface area contributed by atoms with Gasteiger partial charge in [0.15, 0.2) is 0 Å². The quantitative estimate of drug-likeness (QED) is 0.884. The highest BCUT2D eigenvalue weighted by Gasteiger charge is 2.05. The number of halogens is 1. The summed E-state index contributed by atoms with van der Waals surface area (Å²) in [6.07, 6.45) is 0. The molecule has 2 rings (SSSR count). The first kappa shape index (κ1) is 12.8. The average molecular weight is 309 g/mol. The molecular weight excluding hydrogens is 296 g/mol. The van der Waals surface area contributed by atoms with Crippen molar-refractivity contribution in [3.05, 3.63) is 46.2 Å². The lowest BCUT2D eigenvalue weighted by Crippen LogP contribution is -2.13. The van der Waals surface area contributed by atoms with Gasteiger partial charge in [-0.15, -0.1) is 0 Å². The lowest BCUT2D eigenvalue weighted by Gasteiger charge is -2.06. The molecule has 0 amide bonds. The van der Waals surface area contributed by atoms with Crippen molar-refractivity contribution < 1.29 is 4.74 Å². The van der Waals surface area contributed by atoms with Crippen LogP contribution in [0.3, 0.4) is 0 Å². The van der Waals surface area contributed by atoms with Crippen molar-refractivity contribution >= 4 is 15.9 Å². The van der Waals surface area contributed by atoms with E-state index in [4.69, 9.17) is 4.74 Å². The van der Waals surface area contributed by atoms with Crippen LogP contribution in [0.4, 0.5) is 0 Å². The topological polar surface area (TPSA) is 55.0 Å². The van der Waals surface area contributed by atoms with Crippen molar-refractivity contribution in [2.75, 3.05) is 6.61 Å². The van der Waals surface area contributed by atoms with Gasteiger partial charge in [-0.2, -0.15) is 5.10 Å². The molecule has 1 heterocycles. The summed E-state index contributed by atoms with van der Waals surface area (Å²) in [5, 5.41) is 7.04. The van der Waals surface area contributed by atoms with Crippen LogP contribution in [0, 0.1) is 0 Å². The fourth-order valence-electron chi connectivity index (χ4n) is 1.60. The highest BCUT2D eigenvalue weighted by molar-refractivity contribution is 9.08. The van der Waals surface area contributed by atoms with E-state index in [-0.39, 0.29) is 5.56 Å². The first-order chi connectivity index (χ1) is 8.74. The molecule has 0 spiro atoms. The number of hydrogen-bond donors (Lipinski definition) is 1. The third kappa shape index (κ3) is 2.79. The Morgan fingerprint density at radius 1 is 1.39 bits per heavy atom. The summed E-state index contributed by atoms with van der Waals surface area (Å²) in [6, 6.07) is 9.41. The van der Waals surface area contributed by atoms with Gasteiger partial charge in [-0.25, -0.2) is 5.10 Å². The van der Waals surface area contributed by atoms with Crippen LogP contribution in [-0.2, 0) is 5.33 Å². The number of benzene rings is 1. The molecule has 1 N–H and O–H groups in total. The first-order valence-corrected chi connectivity index (χ1v) is 6.74. The lowest BCUT2D eigenvalue weighted by molar-refractivity contribution is 0.340. The summed E-state index contributed by atoms with van der Waals surface area (Å²) in [6.45, 7) is 2.56. The van der Waals surface area contributed by atoms with E-state index < -0.39 is 0 Å². The minimum Gasteiger partial charge on any atom is -0.494 e. The van der Waals surface area contributed by atoms with Crippen molar-refractivity contribution in [1.29, 1.82) is 0 Å². The summed E-state index contributed by atoms with van der Waals surface area (Å²) in [5.41, 5.74) is 2.13. The molecule has 0 radical (unpaired) electrons. The van der Waals surface area contributed by atoms with Gasteiger partial charge in [0.2, 0.25) is 0 Å². The highest BCUT2D eigenvalue weighted by Crippen LogP contribution is 2.22. The van der Waals surface area contributed by atoms with Crippen molar-refractivity contribution in [2.45, 2.75) is 12.3 Å². The van der Waals surface area contributed by atoms with Crippen molar-refractivity contribution in [2.24, 2.45) is 0 Å². The number of H-pyrrole nitrogens is 1. The molecule has 18 heavy (non-hydrogen) atoms. The first-order valence-electron chi connectivity index (χ1n) is 5.62. The van der Waals surface area contributed by atoms with Gasteiger partial charge in [0.1, 0.15) is 5.75 Å². The monoisotopic (exact) mass is 308 g/mol. The van der Waals surface area contributed by atoms with E-state index >= 15 is 0 Å². The molecule has 0 atom stereocenters. The Hall–Kier alpha value is -1.62. The molecule has 4 nitrogen and oxygen atoms in total. The number of nitrogens with one attached hydrogen (secondary N) is 1. The Morgan fingerprint density at radius 2 is 2.22 bits per heavy atom. The number of nitrogens with zero attached hydrogens (tertiary/aromatic N) is 1. The standard InChI is InChI=1S/C13H13BrN2O2/c1-2-18-11-5-3-4-9(6-11)12-7-10(8-14)13(17)16-15-12/h3-7H,2,8H2,1H3,(H,16,17). The van der Waals surface area contributed by atoms with Crippen LogP contribution in [0.25, 0.3) is 11.3 Å². The van der Waals surface area contributed by atoms with Crippen LogP contribution in [0.15, 0.2) is 35.1 Å². The SMILES string of the molecule is CCOc1cccc(-c2cc(CBr)c(=O)[nH]n2)c1. The second-order valence-corrected chi connectivity index (χ2v) is 4.26. The van der Waals surface area contributed by atoms with Crippen molar-refractivity contribution in [1.82, 2.24) is 10.2 Å². The van der Waals surface area contributed by atoms with Crippen LogP contribution in [-0.4, -0.2) is 16.8 Å². The smallest absolute Gasteiger partial charge is 0.268 e. The van der Waals surface area contributed by atoms with Crippen LogP contribution in [0.2, 0.25) is 0 Å². The number of aromatic nitrogens is 2. The van der Waals surface area contributed by atoms with Crippen molar-refractivity contribution in [3.8, 4) is 17.0 Å². The summed E-state index contributed by atoms with van der Waals surface area (Å²) >= 11 is 3.28. The van der Waals surface area contributed by atoms with Gasteiger partial charge in [-0.05, 0) is 25.1 Å². The van der Waals surface area contributed by atoms with Gasteiger partial charge < -0.3 is 4.74 Å². The zero-order valence-electron chi connectivity index (χ0n) is 9.94. The molecule has 1 aromatic heterocycles. The molecule has 0 bridgehead atoms. The molecule has 94 valence electrons. The predicted molar refractivity (Wildman–Crippen MR) is 74.1 cm³/mol. The summed E-state index contributed by atoms with van der Waals surface area (Å²) < 4.78 is 5.44. The maximum absolute atomic E-state index is 11.4. The van der Waals surface area contributed by atoms with Crippen LogP contribution in [0.1, 0.15) is 12.5 Å². The largest absolute Gasteiger partial charge is 0.494 e. The fraction of sp³-hybridized carbons (Fsp3) is 0.231. The summed E-state index contributed by atoms with van der Waals surface area (Å²) in [5.74, 6) is 0.795. The Bertz CT molecular complexity index is 596. The molecular formula is C13H13BrN2O2. The van der Waals surface area contributed by atoms with Gasteiger partial charge >= 0.3 is 0 Å². The normalized spacial score (nSPS) is 10.3. The molecule has 0 aliphatic carbocycles. The van der Waals surface area contributed by atoms with Crippen molar-refractivity contribution in [3.63, 3.8) is 0 Å². The molecule has 0 saturated carbocycles. The fourth-order valence-corrected chi connectivity index (χ4v) is 2.02. The number of alkyl halides is 1. The molecule has 0 aliphatic heterocycles. The van der Waals surface area contributed by atoms with Gasteiger partial charge in [0.05, 0.1) is 12.3 Å². The molecule has 2 aromatic rings. The third-order valence-electron chi connectivity index (χ3n) is 2.47. The average Bonchev–Trinajstić information content (AvgIpc) is 2.40. The van der Waals surface area contributed by atoms with Crippen LogP contribution >= 0.6 is 15.9 Å². The second kappa shape index (κ2) is 5.82. The number of rotatable bonds is 4. The Kier molecular flexibility index (Phi) is 4.15. The van der Waals surface area contributed by atoms with E-state index in [1.807, 2.05) is 31.2 Å². The van der Waals surface area contributed by atoms with E-state index in [0.717, 1.165) is 17.0 Å². The minimum absolute atomic E-state index is 0.170. The van der Waals surface area contributed by atoms with E-state index in [2.05, 4.69) is 26.1 Å². The van der Waals surface area contributed by atoms with Gasteiger partial charge in [0.25, 0.3) is 5.56 Å². The Balaban J connectivity index is 2.41. The number of hydrogen-bond acceptors (Lipinski definition) is 3. The summed E-state index contributed by atoms with van der Waals surface area (Å²) in [7, 11) is 0. The lowest BCUT2D eigenvalue weighted by atomic mass is 10.1. The Labute approximate surface area is 113 Å². The maximum Gasteiger partial charge on any atom is 0.268 e. The molecule has 1 aromatic carbocycles. The van der Waals surface area contributed by atoms with E-state index in [9.17, 15) is 4.79 Å². The molecule has 5 heteroatoms. The number of ether oxygens (including phenoxy) is 1. The molecule has 0 fully saturated rings. The zero-order valence-corrected chi connectivity index (χ0v) is 11.5. The number of aromatic amines is 1. The molecule has 0 aliphatic rings. The molecule has 0 unspecified atom stereocenters. The Morgan fingerprint density at radius 3 is 2.94 bits per heavy atom. The second-order valence-electron chi connectivity index (χ2n) is 3.70. The van der Waals surface area contributed by atoms with E-state index in [1.165, 1.54) is 0 Å². The third-order valence-corrected chi connectivity index (χ3v) is 3.07. The van der Waals surface area contributed by atoms with Crippen LogP contribution in [0.5, 0.6) is 5.75 Å². The minimum atomic E-state index is -0.170. The van der Waals surface area contributed by atoms with Gasteiger partial charge in [-0.1, -0.05) is 28.1 Å². The van der Waals surface area contributed by atoms with Crippen LogP contribution < -0.4 is 10.3 Å². The van der Waals surface area contributed by atoms with E-state index in [0.29, 0.717) is 17.5 Å². The summed E-state index contributed by atoms with van der Waals surface area (Å²) in [4.78, 5) is 11.4. The van der Waals surface area contributed by atoms with E-state index in [1.54, 1.807) is 6.07 Å². The zero-order chi connectivity index (χ0) is 13.0. The van der Waals surface area contributed by atoms with Gasteiger partial charge in [0, 0.05) is 16.5 Å². The predicted octanol–water partition coefficient (Wildman–Crippen LogP) is 2.73. The maximum atomic E-state index is 11.4. The molecule has 0 saturated heterocycles.